The minimum Gasteiger partial charge on any atom is -0.349 e. The summed E-state index contributed by atoms with van der Waals surface area (Å²) < 4.78 is 0. The van der Waals surface area contributed by atoms with Crippen molar-refractivity contribution in [1.82, 2.24) is 20.5 Å². The molecule has 0 aliphatic heterocycles. The van der Waals surface area contributed by atoms with Gasteiger partial charge in [0.2, 0.25) is 0 Å². The highest BCUT2D eigenvalue weighted by atomic mass is 16.2. The molecule has 0 bridgehead atoms. The topological polar surface area (TPSA) is 99.8 Å². The van der Waals surface area contributed by atoms with Crippen molar-refractivity contribution < 1.29 is 9.59 Å². The standard InChI is InChI=1S/C19H17N5O2/c1-2-11-20-19(26)15-5-3-4-6-16(15)23-18(25)14-9-7-13(8-10-14)17-21-12-22-24-17/h2-10,12H,1,11H2,(H,20,26)(H,23,25)(H,21,22,24). The van der Waals surface area contributed by atoms with Crippen LogP contribution in [-0.2, 0) is 0 Å². The number of benzene rings is 2. The summed E-state index contributed by atoms with van der Waals surface area (Å²) in [5, 5.41) is 12.0. The first kappa shape index (κ1) is 17.1. The monoisotopic (exact) mass is 347 g/mol. The Morgan fingerprint density at radius 2 is 1.85 bits per heavy atom. The SMILES string of the molecule is C=CCNC(=O)c1ccccc1NC(=O)c1ccc(-c2ncn[nH]2)cc1. The number of hydrogen-bond acceptors (Lipinski definition) is 4. The maximum absolute atomic E-state index is 12.5. The van der Waals surface area contributed by atoms with Gasteiger partial charge in [0.05, 0.1) is 11.3 Å². The number of hydrogen-bond donors (Lipinski definition) is 3. The second kappa shape index (κ2) is 7.89. The predicted octanol–water partition coefficient (Wildman–Crippen LogP) is 2.64. The summed E-state index contributed by atoms with van der Waals surface area (Å²) in [4.78, 5) is 28.8. The van der Waals surface area contributed by atoms with E-state index in [0.717, 1.165) is 5.56 Å². The van der Waals surface area contributed by atoms with E-state index in [1.807, 2.05) is 0 Å². The van der Waals surface area contributed by atoms with Crippen LogP contribution in [0, 0.1) is 0 Å². The van der Waals surface area contributed by atoms with Crippen molar-refractivity contribution in [3.05, 3.63) is 78.6 Å². The highest BCUT2D eigenvalue weighted by Gasteiger charge is 2.13. The number of aromatic amines is 1. The Hall–Kier alpha value is -3.74. The summed E-state index contributed by atoms with van der Waals surface area (Å²) in [5.41, 5.74) is 2.12. The zero-order valence-electron chi connectivity index (χ0n) is 13.9. The van der Waals surface area contributed by atoms with Crippen molar-refractivity contribution in [3.63, 3.8) is 0 Å². The van der Waals surface area contributed by atoms with E-state index in [-0.39, 0.29) is 11.8 Å². The number of anilines is 1. The zero-order valence-corrected chi connectivity index (χ0v) is 13.9. The molecule has 0 saturated carbocycles. The van der Waals surface area contributed by atoms with Gasteiger partial charge in [-0.15, -0.1) is 6.58 Å². The Morgan fingerprint density at radius 1 is 1.08 bits per heavy atom. The van der Waals surface area contributed by atoms with Gasteiger partial charge in [-0.1, -0.05) is 30.3 Å². The van der Waals surface area contributed by atoms with Crippen LogP contribution in [0.1, 0.15) is 20.7 Å². The number of amides is 2. The van der Waals surface area contributed by atoms with Gasteiger partial charge in [0, 0.05) is 17.7 Å². The Morgan fingerprint density at radius 3 is 2.54 bits per heavy atom. The second-order valence-electron chi connectivity index (χ2n) is 5.41. The summed E-state index contributed by atoms with van der Waals surface area (Å²) >= 11 is 0. The fourth-order valence-corrected chi connectivity index (χ4v) is 2.37. The number of carbonyl (C=O) groups is 2. The molecule has 1 aromatic heterocycles. The molecule has 0 aliphatic rings. The smallest absolute Gasteiger partial charge is 0.255 e. The van der Waals surface area contributed by atoms with Gasteiger partial charge in [0.1, 0.15) is 6.33 Å². The maximum Gasteiger partial charge on any atom is 0.255 e. The summed E-state index contributed by atoms with van der Waals surface area (Å²) in [5.74, 6) is 0.0424. The molecule has 0 saturated heterocycles. The number of H-pyrrole nitrogens is 1. The van der Waals surface area contributed by atoms with Gasteiger partial charge in [0.25, 0.3) is 11.8 Å². The van der Waals surface area contributed by atoms with E-state index >= 15 is 0 Å². The minimum atomic E-state index is -0.307. The largest absolute Gasteiger partial charge is 0.349 e. The van der Waals surface area contributed by atoms with Crippen LogP contribution in [0.25, 0.3) is 11.4 Å². The van der Waals surface area contributed by atoms with Gasteiger partial charge in [-0.3, -0.25) is 14.7 Å². The number of nitrogens with one attached hydrogen (secondary N) is 3. The summed E-state index contributed by atoms with van der Waals surface area (Å²) in [6.45, 7) is 3.92. The van der Waals surface area contributed by atoms with E-state index < -0.39 is 0 Å². The molecule has 3 N–H and O–H groups in total. The van der Waals surface area contributed by atoms with Gasteiger partial charge in [-0.2, -0.15) is 5.10 Å². The lowest BCUT2D eigenvalue weighted by Crippen LogP contribution is -2.25. The third kappa shape index (κ3) is 3.84. The Labute approximate surface area is 150 Å². The molecule has 1 heterocycles. The Bertz CT molecular complexity index is 917. The van der Waals surface area contributed by atoms with Crippen molar-refractivity contribution in [2.75, 3.05) is 11.9 Å². The van der Waals surface area contributed by atoms with Crippen molar-refractivity contribution in [3.8, 4) is 11.4 Å². The number of aromatic nitrogens is 3. The Balaban J connectivity index is 1.76. The molecular weight excluding hydrogens is 330 g/mol. The molecule has 2 amide bonds. The van der Waals surface area contributed by atoms with Crippen molar-refractivity contribution in [2.24, 2.45) is 0 Å². The van der Waals surface area contributed by atoms with E-state index in [9.17, 15) is 9.59 Å². The van der Waals surface area contributed by atoms with Gasteiger partial charge in [-0.05, 0) is 24.3 Å². The molecule has 0 aliphatic carbocycles. The van der Waals surface area contributed by atoms with Gasteiger partial charge in [-0.25, -0.2) is 4.98 Å². The average Bonchev–Trinajstić information content (AvgIpc) is 3.21. The molecule has 130 valence electrons. The second-order valence-corrected chi connectivity index (χ2v) is 5.41. The van der Waals surface area contributed by atoms with E-state index in [2.05, 4.69) is 32.4 Å². The van der Waals surface area contributed by atoms with E-state index in [4.69, 9.17) is 0 Å². The quantitative estimate of drug-likeness (QED) is 0.597. The minimum absolute atomic E-state index is 0.276. The molecule has 26 heavy (non-hydrogen) atoms. The van der Waals surface area contributed by atoms with Crippen LogP contribution in [-0.4, -0.2) is 33.5 Å². The zero-order chi connectivity index (χ0) is 18.4. The third-order valence-electron chi connectivity index (χ3n) is 3.66. The lowest BCUT2D eigenvalue weighted by molar-refractivity contribution is 0.0959. The summed E-state index contributed by atoms with van der Waals surface area (Å²) in [6.07, 6.45) is 3.01. The number of carbonyl (C=O) groups excluding carboxylic acids is 2. The first-order chi connectivity index (χ1) is 12.7. The van der Waals surface area contributed by atoms with Crippen LogP contribution in [0.3, 0.4) is 0 Å². The lowest BCUT2D eigenvalue weighted by Gasteiger charge is -2.11. The normalized spacial score (nSPS) is 10.2. The van der Waals surface area contributed by atoms with E-state index in [1.54, 1.807) is 54.6 Å². The van der Waals surface area contributed by atoms with E-state index in [0.29, 0.717) is 29.2 Å². The predicted molar refractivity (Wildman–Crippen MR) is 98.7 cm³/mol. The van der Waals surface area contributed by atoms with Gasteiger partial charge >= 0.3 is 0 Å². The fraction of sp³-hybridized carbons (Fsp3) is 0.0526. The number of nitrogens with zero attached hydrogens (tertiary/aromatic N) is 2. The van der Waals surface area contributed by atoms with Gasteiger partial charge < -0.3 is 10.6 Å². The molecule has 3 rings (SSSR count). The molecule has 0 unspecified atom stereocenters. The first-order valence-corrected chi connectivity index (χ1v) is 7.94. The van der Waals surface area contributed by atoms with Crippen molar-refractivity contribution >= 4 is 17.5 Å². The van der Waals surface area contributed by atoms with Crippen molar-refractivity contribution in [2.45, 2.75) is 0 Å². The average molecular weight is 347 g/mol. The van der Waals surface area contributed by atoms with Crippen LogP contribution < -0.4 is 10.6 Å². The maximum atomic E-state index is 12.5. The summed E-state index contributed by atoms with van der Waals surface area (Å²) in [7, 11) is 0. The molecule has 2 aromatic carbocycles. The number of rotatable bonds is 6. The van der Waals surface area contributed by atoms with Crippen LogP contribution in [0.2, 0.25) is 0 Å². The first-order valence-electron chi connectivity index (χ1n) is 7.94. The molecular formula is C19H17N5O2. The van der Waals surface area contributed by atoms with E-state index in [1.165, 1.54) is 6.33 Å². The van der Waals surface area contributed by atoms with Crippen LogP contribution in [0.5, 0.6) is 0 Å². The number of para-hydroxylation sites is 1. The highest BCUT2D eigenvalue weighted by Crippen LogP contribution is 2.18. The van der Waals surface area contributed by atoms with Crippen molar-refractivity contribution in [1.29, 1.82) is 0 Å². The fourth-order valence-electron chi connectivity index (χ4n) is 2.37. The third-order valence-corrected chi connectivity index (χ3v) is 3.66. The summed E-state index contributed by atoms with van der Waals surface area (Å²) in [6, 6.07) is 13.8. The van der Waals surface area contributed by atoms with Gasteiger partial charge in [0.15, 0.2) is 5.82 Å². The molecule has 0 spiro atoms. The molecule has 0 atom stereocenters. The van der Waals surface area contributed by atoms with Crippen LogP contribution >= 0.6 is 0 Å². The molecule has 3 aromatic rings. The molecule has 7 nitrogen and oxygen atoms in total. The Kier molecular flexibility index (Phi) is 5.19. The molecule has 7 heteroatoms. The highest BCUT2D eigenvalue weighted by molar-refractivity contribution is 6.09. The lowest BCUT2D eigenvalue weighted by atomic mass is 10.1. The van der Waals surface area contributed by atoms with Crippen LogP contribution in [0.15, 0.2) is 67.5 Å². The van der Waals surface area contributed by atoms with Crippen LogP contribution in [0.4, 0.5) is 5.69 Å². The molecule has 0 radical (unpaired) electrons. The molecule has 0 fully saturated rings.